The summed E-state index contributed by atoms with van der Waals surface area (Å²) in [5, 5.41) is 0. The average molecular weight is 318 g/mol. The topological polar surface area (TPSA) is 69.9 Å². The lowest BCUT2D eigenvalue weighted by Crippen LogP contribution is -2.52. The van der Waals surface area contributed by atoms with Crippen LogP contribution in [0.3, 0.4) is 0 Å². The molecule has 6 heteroatoms. The largest absolute Gasteiger partial charge is 0.398 e. The number of nitrogens with zero attached hydrogens (tertiary/aromatic N) is 3. The predicted octanol–water partition coefficient (Wildman–Crippen LogP) is 0.895. The maximum absolute atomic E-state index is 12.5. The molecule has 6 nitrogen and oxygen atoms in total. The molecule has 0 atom stereocenters. The van der Waals surface area contributed by atoms with E-state index in [1.54, 1.807) is 17.0 Å². The first-order chi connectivity index (χ1) is 11.1. The quantitative estimate of drug-likeness (QED) is 0.819. The van der Waals surface area contributed by atoms with Crippen molar-refractivity contribution in [2.75, 3.05) is 51.5 Å². The highest BCUT2D eigenvalue weighted by Crippen LogP contribution is 2.15. The van der Waals surface area contributed by atoms with Crippen molar-refractivity contribution in [1.29, 1.82) is 0 Å². The molecule has 1 saturated heterocycles. The second-order valence-electron chi connectivity index (χ2n) is 5.72. The van der Waals surface area contributed by atoms with Crippen molar-refractivity contribution < 1.29 is 9.59 Å². The number of rotatable bonds is 5. The van der Waals surface area contributed by atoms with Crippen LogP contribution in [0.4, 0.5) is 5.69 Å². The molecule has 0 aromatic heterocycles. The van der Waals surface area contributed by atoms with Gasteiger partial charge < -0.3 is 15.5 Å². The van der Waals surface area contributed by atoms with E-state index in [0.717, 1.165) is 13.1 Å². The Bertz CT molecular complexity index is 549. The minimum Gasteiger partial charge on any atom is -0.398 e. The van der Waals surface area contributed by atoms with Crippen LogP contribution in [0.15, 0.2) is 24.3 Å². The van der Waals surface area contributed by atoms with Crippen LogP contribution in [0.2, 0.25) is 0 Å². The van der Waals surface area contributed by atoms with E-state index >= 15 is 0 Å². The Balaban J connectivity index is 1.90. The molecule has 1 aromatic carbocycles. The van der Waals surface area contributed by atoms with Gasteiger partial charge in [-0.2, -0.15) is 0 Å². The smallest absolute Gasteiger partial charge is 0.256 e. The number of nitrogens with two attached hydrogens (primary N) is 1. The lowest BCUT2D eigenvalue weighted by Gasteiger charge is -2.35. The van der Waals surface area contributed by atoms with Crippen LogP contribution in [0.5, 0.6) is 0 Å². The van der Waals surface area contributed by atoms with Gasteiger partial charge in [0.15, 0.2) is 0 Å². The number of amides is 2. The molecule has 1 aliphatic heterocycles. The average Bonchev–Trinajstić information content (AvgIpc) is 2.59. The molecular weight excluding hydrogens is 292 g/mol. The normalized spacial score (nSPS) is 15.1. The zero-order valence-corrected chi connectivity index (χ0v) is 14.0. The van der Waals surface area contributed by atoms with Gasteiger partial charge in [-0.3, -0.25) is 14.5 Å². The van der Waals surface area contributed by atoms with E-state index in [1.165, 1.54) is 0 Å². The van der Waals surface area contributed by atoms with Crippen LogP contribution >= 0.6 is 0 Å². The molecule has 0 unspecified atom stereocenters. The molecule has 1 aliphatic rings. The zero-order valence-electron chi connectivity index (χ0n) is 14.0. The minimum absolute atomic E-state index is 0.0565. The van der Waals surface area contributed by atoms with Crippen LogP contribution in [-0.4, -0.2) is 72.3 Å². The Morgan fingerprint density at radius 3 is 2.17 bits per heavy atom. The van der Waals surface area contributed by atoms with Crippen LogP contribution in [0.1, 0.15) is 24.2 Å². The summed E-state index contributed by atoms with van der Waals surface area (Å²) < 4.78 is 0. The molecule has 2 N–H and O–H groups in total. The predicted molar refractivity (Wildman–Crippen MR) is 91.1 cm³/mol. The van der Waals surface area contributed by atoms with Gasteiger partial charge in [0.1, 0.15) is 0 Å². The molecule has 0 bridgehead atoms. The summed E-state index contributed by atoms with van der Waals surface area (Å²) in [4.78, 5) is 30.5. The van der Waals surface area contributed by atoms with Gasteiger partial charge in [0.25, 0.3) is 5.91 Å². The molecule has 0 radical (unpaired) electrons. The van der Waals surface area contributed by atoms with Gasteiger partial charge in [0.05, 0.1) is 12.1 Å². The highest BCUT2D eigenvalue weighted by Gasteiger charge is 2.26. The van der Waals surface area contributed by atoms with Crippen LogP contribution in [0, 0.1) is 0 Å². The van der Waals surface area contributed by atoms with Gasteiger partial charge in [-0.25, -0.2) is 0 Å². The summed E-state index contributed by atoms with van der Waals surface area (Å²) >= 11 is 0. The molecule has 2 amide bonds. The molecule has 1 heterocycles. The van der Waals surface area contributed by atoms with Crippen LogP contribution < -0.4 is 5.73 Å². The zero-order chi connectivity index (χ0) is 16.8. The van der Waals surface area contributed by atoms with Gasteiger partial charge in [0.2, 0.25) is 5.91 Å². The Hall–Kier alpha value is -2.08. The number of anilines is 1. The van der Waals surface area contributed by atoms with E-state index in [2.05, 4.69) is 18.7 Å². The number of likely N-dealkylation sites (N-methyl/N-ethyl adjacent to an activating group) is 1. The summed E-state index contributed by atoms with van der Waals surface area (Å²) in [7, 11) is 0. The number of carbonyl (C=O) groups excluding carboxylic acids is 2. The fraction of sp³-hybridized carbons (Fsp3) is 0.529. The van der Waals surface area contributed by atoms with Crippen molar-refractivity contribution in [3.8, 4) is 0 Å². The molecule has 0 saturated carbocycles. The van der Waals surface area contributed by atoms with Crippen molar-refractivity contribution in [2.45, 2.75) is 13.8 Å². The summed E-state index contributed by atoms with van der Waals surface area (Å²) in [5.41, 5.74) is 6.91. The summed E-state index contributed by atoms with van der Waals surface area (Å²) in [5.74, 6) is 0.0824. The number of para-hydroxylation sites is 1. The third-order valence-electron chi connectivity index (χ3n) is 4.36. The van der Waals surface area contributed by atoms with Crippen molar-refractivity contribution in [3.05, 3.63) is 29.8 Å². The van der Waals surface area contributed by atoms with E-state index in [9.17, 15) is 9.59 Å². The second kappa shape index (κ2) is 7.97. The number of carbonyl (C=O) groups is 2. The Morgan fingerprint density at radius 2 is 1.61 bits per heavy atom. The van der Waals surface area contributed by atoms with E-state index < -0.39 is 0 Å². The summed E-state index contributed by atoms with van der Waals surface area (Å²) in [6.07, 6.45) is 0. The van der Waals surface area contributed by atoms with Crippen molar-refractivity contribution in [1.82, 2.24) is 14.7 Å². The fourth-order valence-electron chi connectivity index (χ4n) is 2.76. The van der Waals surface area contributed by atoms with E-state index in [-0.39, 0.29) is 11.8 Å². The molecule has 126 valence electrons. The SMILES string of the molecule is CCN(CC)CC(=O)N1CCN(C(=O)c2ccccc2N)CC1. The molecule has 0 spiro atoms. The van der Waals surface area contributed by atoms with Crippen LogP contribution in [-0.2, 0) is 4.79 Å². The van der Waals surface area contributed by atoms with Gasteiger partial charge in [0, 0.05) is 31.9 Å². The first kappa shape index (κ1) is 17.3. The number of hydrogen-bond acceptors (Lipinski definition) is 4. The number of nitrogen functional groups attached to an aromatic ring is 1. The summed E-state index contributed by atoms with van der Waals surface area (Å²) in [6, 6.07) is 7.11. The first-order valence-corrected chi connectivity index (χ1v) is 8.20. The molecule has 23 heavy (non-hydrogen) atoms. The minimum atomic E-state index is -0.0565. The third-order valence-corrected chi connectivity index (χ3v) is 4.36. The lowest BCUT2D eigenvalue weighted by atomic mass is 10.1. The lowest BCUT2D eigenvalue weighted by molar-refractivity contribution is -0.133. The fourth-order valence-corrected chi connectivity index (χ4v) is 2.76. The second-order valence-corrected chi connectivity index (χ2v) is 5.72. The number of benzene rings is 1. The van der Waals surface area contributed by atoms with Gasteiger partial charge >= 0.3 is 0 Å². The highest BCUT2D eigenvalue weighted by molar-refractivity contribution is 5.99. The van der Waals surface area contributed by atoms with Crippen molar-refractivity contribution in [3.63, 3.8) is 0 Å². The maximum atomic E-state index is 12.5. The molecule has 1 fully saturated rings. The van der Waals surface area contributed by atoms with Crippen molar-refractivity contribution >= 4 is 17.5 Å². The first-order valence-electron chi connectivity index (χ1n) is 8.20. The molecule has 0 aliphatic carbocycles. The number of piperazine rings is 1. The van der Waals surface area contributed by atoms with E-state index in [0.29, 0.717) is 44.0 Å². The van der Waals surface area contributed by atoms with Gasteiger partial charge in [-0.05, 0) is 25.2 Å². The molecular formula is C17H26N4O2. The molecule has 2 rings (SSSR count). The molecule has 1 aromatic rings. The standard InChI is InChI=1S/C17H26N4O2/c1-3-19(4-2)13-16(22)20-9-11-21(12-10-20)17(23)14-7-5-6-8-15(14)18/h5-8H,3-4,9-13,18H2,1-2H3. The number of hydrogen-bond donors (Lipinski definition) is 1. The Kier molecular flexibility index (Phi) is 5.98. The third kappa shape index (κ3) is 4.22. The highest BCUT2D eigenvalue weighted by atomic mass is 16.2. The van der Waals surface area contributed by atoms with Crippen LogP contribution in [0.25, 0.3) is 0 Å². The van der Waals surface area contributed by atoms with Gasteiger partial charge in [-0.15, -0.1) is 0 Å². The van der Waals surface area contributed by atoms with Crippen molar-refractivity contribution in [2.24, 2.45) is 0 Å². The Morgan fingerprint density at radius 1 is 1.04 bits per heavy atom. The summed E-state index contributed by atoms with van der Waals surface area (Å²) in [6.45, 7) is 8.56. The van der Waals surface area contributed by atoms with Gasteiger partial charge in [-0.1, -0.05) is 26.0 Å². The van der Waals surface area contributed by atoms with E-state index in [4.69, 9.17) is 5.73 Å². The van der Waals surface area contributed by atoms with E-state index in [1.807, 2.05) is 17.0 Å². The maximum Gasteiger partial charge on any atom is 0.256 e. The Labute approximate surface area is 137 Å². The monoisotopic (exact) mass is 318 g/mol.